The summed E-state index contributed by atoms with van der Waals surface area (Å²) in [5.74, 6) is 1.74. The van der Waals surface area contributed by atoms with Gasteiger partial charge >= 0.3 is 6.18 Å². The van der Waals surface area contributed by atoms with Crippen molar-refractivity contribution in [2.24, 2.45) is 5.92 Å². The first kappa shape index (κ1) is 16.3. The van der Waals surface area contributed by atoms with E-state index in [1.54, 1.807) is 6.92 Å². The number of aromatic nitrogens is 4. The number of aryl methyl sites for hydroxylation is 1. The monoisotopic (exact) mass is 317 g/mol. The lowest BCUT2D eigenvalue weighted by atomic mass is 10.1. The second-order valence-electron chi connectivity index (χ2n) is 5.50. The fraction of sp³-hybridized carbons (Fsp3) is 0.615. The van der Waals surface area contributed by atoms with Gasteiger partial charge in [-0.3, -0.25) is 4.68 Å². The molecule has 2 heterocycles. The zero-order chi connectivity index (χ0) is 16.3. The molecule has 6 nitrogen and oxygen atoms in total. The molecule has 0 unspecified atom stereocenters. The molecule has 0 aliphatic rings. The van der Waals surface area contributed by atoms with Crippen LogP contribution in [0.3, 0.4) is 0 Å². The van der Waals surface area contributed by atoms with E-state index in [4.69, 9.17) is 4.52 Å². The van der Waals surface area contributed by atoms with Crippen LogP contribution in [0.15, 0.2) is 10.6 Å². The van der Waals surface area contributed by atoms with Crippen molar-refractivity contribution in [1.29, 1.82) is 0 Å². The molecule has 0 amide bonds. The summed E-state index contributed by atoms with van der Waals surface area (Å²) in [6.45, 7) is 4.76. The zero-order valence-electron chi connectivity index (χ0n) is 12.6. The number of nitrogens with one attached hydrogen (secondary N) is 1. The Labute approximate surface area is 125 Å². The molecule has 0 bridgehead atoms. The Kier molecular flexibility index (Phi) is 4.72. The Morgan fingerprint density at radius 1 is 1.36 bits per heavy atom. The van der Waals surface area contributed by atoms with Crippen LogP contribution in [-0.4, -0.2) is 26.1 Å². The first-order valence-corrected chi connectivity index (χ1v) is 6.89. The molecule has 2 rings (SSSR count). The minimum atomic E-state index is -4.30. The molecular weight excluding hydrogens is 299 g/mol. The Hall–Kier alpha value is -2.06. The molecule has 1 N–H and O–H groups in total. The van der Waals surface area contributed by atoms with Gasteiger partial charge in [0.1, 0.15) is 12.4 Å². The maximum absolute atomic E-state index is 12.4. The number of nitrogens with zero attached hydrogens (tertiary/aromatic N) is 4. The first-order chi connectivity index (χ1) is 10.2. The molecule has 0 aliphatic carbocycles. The molecule has 9 heteroatoms. The van der Waals surface area contributed by atoms with Gasteiger partial charge in [0.2, 0.25) is 5.89 Å². The highest BCUT2D eigenvalue weighted by Crippen LogP contribution is 2.19. The minimum absolute atomic E-state index is 0.216. The molecule has 22 heavy (non-hydrogen) atoms. The SMILES string of the molecule is Cc1cc(NCc2nc(CC(C)C)no2)nn1CC(F)(F)F. The Balaban J connectivity index is 1.94. The van der Waals surface area contributed by atoms with Crippen LogP contribution >= 0.6 is 0 Å². The standard InChI is InChI=1S/C13H18F3N5O/c1-8(2)4-11-18-12(22-20-11)6-17-10-5-9(3)21(19-10)7-13(14,15)16/h5,8H,4,6-7H2,1-3H3,(H,17,19). The summed E-state index contributed by atoms with van der Waals surface area (Å²) in [5, 5.41) is 10.6. The normalized spacial score (nSPS) is 12.1. The van der Waals surface area contributed by atoms with Gasteiger partial charge in [0, 0.05) is 18.2 Å². The van der Waals surface area contributed by atoms with Crippen molar-refractivity contribution < 1.29 is 17.7 Å². The summed E-state index contributed by atoms with van der Waals surface area (Å²) >= 11 is 0. The third-order valence-electron chi connectivity index (χ3n) is 2.83. The third kappa shape index (κ3) is 4.74. The summed E-state index contributed by atoms with van der Waals surface area (Å²) in [5.41, 5.74) is 0.422. The van der Waals surface area contributed by atoms with Crippen molar-refractivity contribution >= 4 is 5.82 Å². The molecule has 0 radical (unpaired) electrons. The number of halogens is 3. The number of hydrogen-bond donors (Lipinski definition) is 1. The van der Waals surface area contributed by atoms with E-state index < -0.39 is 12.7 Å². The fourth-order valence-electron chi connectivity index (χ4n) is 1.90. The van der Waals surface area contributed by atoms with Gasteiger partial charge in [-0.15, -0.1) is 0 Å². The second-order valence-corrected chi connectivity index (χ2v) is 5.50. The highest BCUT2D eigenvalue weighted by molar-refractivity contribution is 5.35. The smallest absolute Gasteiger partial charge is 0.360 e. The van der Waals surface area contributed by atoms with Crippen molar-refractivity contribution in [2.75, 3.05) is 5.32 Å². The summed E-state index contributed by atoms with van der Waals surface area (Å²) in [6, 6.07) is 1.54. The highest BCUT2D eigenvalue weighted by atomic mass is 19.4. The first-order valence-electron chi connectivity index (χ1n) is 6.89. The largest absolute Gasteiger partial charge is 0.408 e. The highest BCUT2D eigenvalue weighted by Gasteiger charge is 2.29. The number of hydrogen-bond acceptors (Lipinski definition) is 5. The average Bonchev–Trinajstić information content (AvgIpc) is 2.92. The van der Waals surface area contributed by atoms with E-state index in [1.165, 1.54) is 6.07 Å². The summed E-state index contributed by atoms with van der Waals surface area (Å²) in [4.78, 5) is 4.20. The van der Waals surface area contributed by atoms with Gasteiger partial charge in [-0.25, -0.2) is 0 Å². The van der Waals surface area contributed by atoms with E-state index in [2.05, 4.69) is 20.6 Å². The van der Waals surface area contributed by atoms with E-state index in [9.17, 15) is 13.2 Å². The van der Waals surface area contributed by atoms with E-state index in [-0.39, 0.29) is 6.54 Å². The molecule has 0 aliphatic heterocycles. The quantitative estimate of drug-likeness (QED) is 0.887. The van der Waals surface area contributed by atoms with Gasteiger partial charge in [-0.05, 0) is 12.8 Å². The average molecular weight is 317 g/mol. The maximum Gasteiger partial charge on any atom is 0.408 e. The van der Waals surface area contributed by atoms with Crippen molar-refractivity contribution in [3.63, 3.8) is 0 Å². The maximum atomic E-state index is 12.4. The van der Waals surface area contributed by atoms with E-state index in [0.717, 1.165) is 4.68 Å². The molecule has 0 aromatic carbocycles. The molecule has 0 spiro atoms. The van der Waals surface area contributed by atoms with Crippen molar-refractivity contribution in [3.8, 4) is 0 Å². The van der Waals surface area contributed by atoms with Crippen LogP contribution in [0.25, 0.3) is 0 Å². The fourth-order valence-corrected chi connectivity index (χ4v) is 1.90. The van der Waals surface area contributed by atoms with E-state index in [1.807, 2.05) is 13.8 Å². The summed E-state index contributed by atoms with van der Waals surface area (Å²) in [6.07, 6.45) is -3.59. The van der Waals surface area contributed by atoms with Crippen LogP contribution in [0.4, 0.5) is 19.0 Å². The van der Waals surface area contributed by atoms with Gasteiger partial charge in [0.15, 0.2) is 5.82 Å². The van der Waals surface area contributed by atoms with Crippen LogP contribution in [0, 0.1) is 12.8 Å². The topological polar surface area (TPSA) is 68.8 Å². The molecule has 2 aromatic heterocycles. The van der Waals surface area contributed by atoms with Crippen LogP contribution in [0.2, 0.25) is 0 Å². The van der Waals surface area contributed by atoms with Crippen molar-refractivity contribution in [2.45, 2.75) is 46.5 Å². The molecule has 0 atom stereocenters. The van der Waals surface area contributed by atoms with E-state index >= 15 is 0 Å². The Morgan fingerprint density at radius 3 is 2.73 bits per heavy atom. The van der Waals surface area contributed by atoms with Gasteiger partial charge < -0.3 is 9.84 Å². The molecule has 2 aromatic rings. The Morgan fingerprint density at radius 2 is 2.09 bits per heavy atom. The van der Waals surface area contributed by atoms with Gasteiger partial charge in [-0.2, -0.15) is 23.3 Å². The molecule has 0 fully saturated rings. The van der Waals surface area contributed by atoms with Crippen LogP contribution in [0.5, 0.6) is 0 Å². The predicted molar refractivity (Wildman–Crippen MR) is 73.2 cm³/mol. The lowest BCUT2D eigenvalue weighted by molar-refractivity contribution is -0.142. The number of rotatable bonds is 6. The van der Waals surface area contributed by atoms with Gasteiger partial charge in [0.25, 0.3) is 0 Å². The molecule has 122 valence electrons. The van der Waals surface area contributed by atoms with Crippen LogP contribution in [-0.2, 0) is 19.5 Å². The zero-order valence-corrected chi connectivity index (χ0v) is 12.6. The molecule has 0 saturated carbocycles. The van der Waals surface area contributed by atoms with Crippen molar-refractivity contribution in [3.05, 3.63) is 23.5 Å². The lowest BCUT2D eigenvalue weighted by Crippen LogP contribution is -2.19. The predicted octanol–water partition coefficient (Wildman–Crippen LogP) is 2.95. The summed E-state index contributed by atoms with van der Waals surface area (Å²) < 4.78 is 43.1. The third-order valence-corrected chi connectivity index (χ3v) is 2.83. The minimum Gasteiger partial charge on any atom is -0.360 e. The molecular formula is C13H18F3N5O. The molecule has 0 saturated heterocycles. The Bertz CT molecular complexity index is 617. The summed E-state index contributed by atoms with van der Waals surface area (Å²) in [7, 11) is 0. The number of alkyl halides is 3. The van der Waals surface area contributed by atoms with Crippen LogP contribution < -0.4 is 5.32 Å². The van der Waals surface area contributed by atoms with Gasteiger partial charge in [-0.1, -0.05) is 19.0 Å². The van der Waals surface area contributed by atoms with E-state index in [0.29, 0.717) is 35.6 Å². The number of anilines is 1. The van der Waals surface area contributed by atoms with Crippen molar-refractivity contribution in [1.82, 2.24) is 19.9 Å². The second kappa shape index (κ2) is 6.37. The van der Waals surface area contributed by atoms with Crippen LogP contribution in [0.1, 0.15) is 31.3 Å². The van der Waals surface area contributed by atoms with Gasteiger partial charge in [0.05, 0.1) is 6.54 Å². The lowest BCUT2D eigenvalue weighted by Gasteiger charge is -2.07.